The molecule has 4 nitrogen and oxygen atoms in total. The summed E-state index contributed by atoms with van der Waals surface area (Å²) in [6.07, 6.45) is 2.53. The second-order valence-corrected chi connectivity index (χ2v) is 5.72. The lowest BCUT2D eigenvalue weighted by Crippen LogP contribution is -2.35. The van der Waals surface area contributed by atoms with E-state index in [0.717, 1.165) is 37.2 Å². The number of likely N-dealkylation sites (tertiary alicyclic amines) is 1. The summed E-state index contributed by atoms with van der Waals surface area (Å²) in [6, 6.07) is 7.85. The number of amides is 2. The SMILES string of the molecule is Cc1ccccc1N1C[C@@H](C(=O)N2CCCC2)CC1=O. The normalized spacial score (nSPS) is 22.6. The molecule has 0 bridgehead atoms. The molecule has 2 saturated heterocycles. The van der Waals surface area contributed by atoms with Crippen molar-refractivity contribution in [3.05, 3.63) is 29.8 Å². The van der Waals surface area contributed by atoms with Gasteiger partial charge in [-0.15, -0.1) is 0 Å². The topological polar surface area (TPSA) is 40.6 Å². The Bertz CT molecular complexity index is 535. The summed E-state index contributed by atoms with van der Waals surface area (Å²) in [4.78, 5) is 28.3. The number of aryl methyl sites for hydroxylation is 1. The quantitative estimate of drug-likeness (QED) is 0.826. The van der Waals surface area contributed by atoms with E-state index in [0.29, 0.717) is 13.0 Å². The summed E-state index contributed by atoms with van der Waals surface area (Å²) in [7, 11) is 0. The van der Waals surface area contributed by atoms with E-state index < -0.39 is 0 Å². The second-order valence-electron chi connectivity index (χ2n) is 5.72. The van der Waals surface area contributed by atoms with Crippen LogP contribution >= 0.6 is 0 Å². The van der Waals surface area contributed by atoms with Crippen LogP contribution in [0.15, 0.2) is 24.3 Å². The number of carbonyl (C=O) groups is 2. The third-order valence-corrected chi connectivity index (χ3v) is 4.30. The Balaban J connectivity index is 1.75. The first-order valence-corrected chi connectivity index (χ1v) is 7.31. The fourth-order valence-corrected chi connectivity index (χ4v) is 3.17. The smallest absolute Gasteiger partial charge is 0.228 e. The Morgan fingerprint density at radius 2 is 1.90 bits per heavy atom. The van der Waals surface area contributed by atoms with Crippen LogP contribution in [0, 0.1) is 12.8 Å². The lowest BCUT2D eigenvalue weighted by molar-refractivity contribution is -0.134. The molecule has 0 unspecified atom stereocenters. The first-order valence-electron chi connectivity index (χ1n) is 7.31. The molecule has 106 valence electrons. The molecule has 0 aliphatic carbocycles. The van der Waals surface area contributed by atoms with Gasteiger partial charge in [-0.05, 0) is 31.4 Å². The first kappa shape index (κ1) is 13.2. The monoisotopic (exact) mass is 272 g/mol. The summed E-state index contributed by atoms with van der Waals surface area (Å²) in [5.41, 5.74) is 2.02. The van der Waals surface area contributed by atoms with Gasteiger partial charge in [0.25, 0.3) is 0 Å². The van der Waals surface area contributed by atoms with Gasteiger partial charge in [-0.25, -0.2) is 0 Å². The Morgan fingerprint density at radius 3 is 2.60 bits per heavy atom. The zero-order valence-electron chi connectivity index (χ0n) is 11.8. The van der Waals surface area contributed by atoms with Gasteiger partial charge in [0.2, 0.25) is 11.8 Å². The Morgan fingerprint density at radius 1 is 1.20 bits per heavy atom. The number of hydrogen-bond donors (Lipinski definition) is 0. The molecule has 2 heterocycles. The van der Waals surface area contributed by atoms with E-state index in [1.54, 1.807) is 4.90 Å². The van der Waals surface area contributed by atoms with Crippen LogP contribution < -0.4 is 4.90 Å². The molecular formula is C16H20N2O2. The molecule has 2 fully saturated rings. The minimum absolute atomic E-state index is 0.0665. The summed E-state index contributed by atoms with van der Waals surface area (Å²) in [5, 5.41) is 0. The molecule has 0 spiro atoms. The van der Waals surface area contributed by atoms with Crippen molar-refractivity contribution in [1.82, 2.24) is 4.90 Å². The number of rotatable bonds is 2. The molecule has 1 aromatic carbocycles. The maximum atomic E-state index is 12.4. The maximum absolute atomic E-state index is 12.4. The molecule has 2 aliphatic rings. The lowest BCUT2D eigenvalue weighted by Gasteiger charge is -2.21. The van der Waals surface area contributed by atoms with Crippen LogP contribution in [0.1, 0.15) is 24.8 Å². The maximum Gasteiger partial charge on any atom is 0.228 e. The van der Waals surface area contributed by atoms with Crippen molar-refractivity contribution >= 4 is 17.5 Å². The fourth-order valence-electron chi connectivity index (χ4n) is 3.17. The predicted molar refractivity (Wildman–Crippen MR) is 77.5 cm³/mol. The van der Waals surface area contributed by atoms with Crippen molar-refractivity contribution in [1.29, 1.82) is 0 Å². The molecule has 0 aromatic heterocycles. The van der Waals surface area contributed by atoms with Crippen LogP contribution in [0.25, 0.3) is 0 Å². The van der Waals surface area contributed by atoms with Crippen LogP contribution in [0.3, 0.4) is 0 Å². The minimum atomic E-state index is -0.166. The van der Waals surface area contributed by atoms with E-state index in [9.17, 15) is 9.59 Å². The van der Waals surface area contributed by atoms with Gasteiger partial charge in [-0.1, -0.05) is 18.2 Å². The highest BCUT2D eigenvalue weighted by atomic mass is 16.2. The van der Waals surface area contributed by atoms with E-state index in [1.165, 1.54) is 0 Å². The van der Waals surface area contributed by atoms with Gasteiger partial charge in [0, 0.05) is 31.7 Å². The molecule has 3 rings (SSSR count). The minimum Gasteiger partial charge on any atom is -0.342 e. The molecular weight excluding hydrogens is 252 g/mol. The number of benzene rings is 1. The van der Waals surface area contributed by atoms with Gasteiger partial charge in [0.05, 0.1) is 5.92 Å². The average molecular weight is 272 g/mol. The zero-order valence-corrected chi connectivity index (χ0v) is 11.8. The third kappa shape index (κ3) is 2.30. The van der Waals surface area contributed by atoms with Gasteiger partial charge >= 0.3 is 0 Å². The molecule has 20 heavy (non-hydrogen) atoms. The van der Waals surface area contributed by atoms with Crippen molar-refractivity contribution in [2.45, 2.75) is 26.2 Å². The third-order valence-electron chi connectivity index (χ3n) is 4.30. The van der Waals surface area contributed by atoms with Gasteiger partial charge in [0.15, 0.2) is 0 Å². The molecule has 1 aromatic rings. The highest BCUT2D eigenvalue weighted by molar-refractivity contribution is 6.00. The highest BCUT2D eigenvalue weighted by Crippen LogP contribution is 2.29. The molecule has 1 atom stereocenters. The van der Waals surface area contributed by atoms with Crippen LogP contribution in [0.5, 0.6) is 0 Å². The standard InChI is InChI=1S/C16H20N2O2/c1-12-6-2-3-7-14(12)18-11-13(10-15(18)19)16(20)17-8-4-5-9-17/h2-3,6-7,13H,4-5,8-11H2,1H3/t13-/m0/s1. The van der Waals surface area contributed by atoms with Crippen molar-refractivity contribution in [3.8, 4) is 0 Å². The van der Waals surface area contributed by atoms with Crippen molar-refractivity contribution in [2.24, 2.45) is 5.92 Å². The predicted octanol–water partition coefficient (Wildman–Crippen LogP) is 1.97. The van der Waals surface area contributed by atoms with Crippen molar-refractivity contribution in [2.75, 3.05) is 24.5 Å². The molecule has 0 radical (unpaired) electrons. The van der Waals surface area contributed by atoms with E-state index in [-0.39, 0.29) is 17.7 Å². The second kappa shape index (κ2) is 5.27. The number of nitrogens with zero attached hydrogens (tertiary/aromatic N) is 2. The summed E-state index contributed by atoms with van der Waals surface area (Å²) in [6.45, 7) is 4.24. The largest absolute Gasteiger partial charge is 0.342 e. The van der Waals surface area contributed by atoms with Crippen molar-refractivity contribution < 1.29 is 9.59 Å². The highest BCUT2D eigenvalue weighted by Gasteiger charge is 2.38. The first-order chi connectivity index (χ1) is 9.66. The Hall–Kier alpha value is -1.84. The Labute approximate surface area is 119 Å². The van der Waals surface area contributed by atoms with Crippen LogP contribution in [-0.4, -0.2) is 36.3 Å². The zero-order chi connectivity index (χ0) is 14.1. The number of hydrogen-bond acceptors (Lipinski definition) is 2. The van der Waals surface area contributed by atoms with Crippen LogP contribution in [0.2, 0.25) is 0 Å². The van der Waals surface area contributed by atoms with Gasteiger partial charge < -0.3 is 9.80 Å². The fraction of sp³-hybridized carbons (Fsp3) is 0.500. The Kier molecular flexibility index (Phi) is 3.47. The average Bonchev–Trinajstić information content (AvgIpc) is 3.08. The van der Waals surface area contributed by atoms with Crippen LogP contribution in [-0.2, 0) is 9.59 Å². The van der Waals surface area contributed by atoms with E-state index >= 15 is 0 Å². The van der Waals surface area contributed by atoms with Crippen LogP contribution in [0.4, 0.5) is 5.69 Å². The number of carbonyl (C=O) groups excluding carboxylic acids is 2. The van der Waals surface area contributed by atoms with Gasteiger partial charge in [-0.3, -0.25) is 9.59 Å². The molecule has 2 aliphatic heterocycles. The molecule has 4 heteroatoms. The van der Waals surface area contributed by atoms with Crippen molar-refractivity contribution in [3.63, 3.8) is 0 Å². The molecule has 0 N–H and O–H groups in total. The number of anilines is 1. The van der Waals surface area contributed by atoms with Gasteiger partial charge in [-0.2, -0.15) is 0 Å². The van der Waals surface area contributed by atoms with E-state index in [2.05, 4.69) is 0 Å². The summed E-state index contributed by atoms with van der Waals surface area (Å²) in [5.74, 6) is 0.0592. The van der Waals surface area contributed by atoms with E-state index in [4.69, 9.17) is 0 Å². The number of para-hydroxylation sites is 1. The van der Waals surface area contributed by atoms with E-state index in [1.807, 2.05) is 36.1 Å². The van der Waals surface area contributed by atoms with Gasteiger partial charge in [0.1, 0.15) is 0 Å². The summed E-state index contributed by atoms with van der Waals surface area (Å²) < 4.78 is 0. The molecule has 0 saturated carbocycles. The molecule has 2 amide bonds. The summed E-state index contributed by atoms with van der Waals surface area (Å²) >= 11 is 0. The lowest BCUT2D eigenvalue weighted by atomic mass is 10.1.